The summed E-state index contributed by atoms with van der Waals surface area (Å²) in [5, 5.41) is 3.42. The molecular weight excluding hydrogens is 255 g/mol. The van der Waals surface area contributed by atoms with Gasteiger partial charge in [0.05, 0.1) is 18.8 Å². The minimum absolute atomic E-state index is 0.0969. The summed E-state index contributed by atoms with van der Waals surface area (Å²) in [5.74, 6) is -0.113. The van der Waals surface area contributed by atoms with Gasteiger partial charge in [-0.1, -0.05) is 6.07 Å². The summed E-state index contributed by atoms with van der Waals surface area (Å²) in [5.41, 5.74) is 1.70. The zero-order valence-electron chi connectivity index (χ0n) is 12.3. The van der Waals surface area contributed by atoms with Gasteiger partial charge >= 0.3 is 0 Å². The molecule has 20 heavy (non-hydrogen) atoms. The van der Waals surface area contributed by atoms with Crippen molar-refractivity contribution in [3.05, 3.63) is 29.6 Å². The van der Waals surface area contributed by atoms with Gasteiger partial charge in [0.25, 0.3) is 0 Å². The first kappa shape index (κ1) is 13.8. The largest absolute Gasteiger partial charge is 0.377 e. The quantitative estimate of drug-likeness (QED) is 0.916. The summed E-state index contributed by atoms with van der Waals surface area (Å²) in [4.78, 5) is 2.28. The number of nitrogens with zero attached hydrogens (tertiary/aromatic N) is 1. The highest BCUT2D eigenvalue weighted by Crippen LogP contribution is 2.32. The molecule has 4 heteroatoms. The molecule has 1 N–H and O–H groups in total. The fourth-order valence-corrected chi connectivity index (χ4v) is 2.81. The number of morpholine rings is 1. The van der Waals surface area contributed by atoms with Crippen molar-refractivity contribution in [2.75, 3.05) is 24.7 Å². The zero-order valence-corrected chi connectivity index (χ0v) is 12.3. The van der Waals surface area contributed by atoms with E-state index in [1.54, 1.807) is 12.1 Å². The molecule has 1 aliphatic carbocycles. The van der Waals surface area contributed by atoms with Crippen LogP contribution in [0.2, 0.25) is 0 Å². The molecule has 0 atom stereocenters. The Morgan fingerprint density at radius 2 is 2.20 bits per heavy atom. The molecule has 1 saturated heterocycles. The molecule has 110 valence electrons. The molecule has 1 saturated carbocycles. The molecule has 1 aliphatic heterocycles. The Bertz CT molecular complexity index is 485. The van der Waals surface area contributed by atoms with E-state index in [4.69, 9.17) is 4.74 Å². The van der Waals surface area contributed by atoms with Crippen molar-refractivity contribution < 1.29 is 9.13 Å². The lowest BCUT2D eigenvalue weighted by molar-refractivity contribution is 0.0642. The van der Waals surface area contributed by atoms with Crippen LogP contribution in [-0.4, -0.2) is 31.3 Å². The van der Waals surface area contributed by atoms with Crippen LogP contribution >= 0.6 is 0 Å². The number of ether oxygens (including phenoxy) is 1. The van der Waals surface area contributed by atoms with Gasteiger partial charge in [0.15, 0.2) is 0 Å². The summed E-state index contributed by atoms with van der Waals surface area (Å²) < 4.78 is 19.8. The Morgan fingerprint density at radius 1 is 1.40 bits per heavy atom. The second kappa shape index (κ2) is 5.34. The third-order valence-electron chi connectivity index (χ3n) is 4.18. The lowest BCUT2D eigenvalue weighted by Crippen LogP contribution is -2.53. The van der Waals surface area contributed by atoms with Gasteiger partial charge in [0.2, 0.25) is 0 Å². The summed E-state index contributed by atoms with van der Waals surface area (Å²) in [6.45, 7) is 7.10. The Kier molecular flexibility index (Phi) is 3.69. The van der Waals surface area contributed by atoms with Gasteiger partial charge in [-0.2, -0.15) is 0 Å². The van der Waals surface area contributed by atoms with Gasteiger partial charge in [-0.25, -0.2) is 4.39 Å². The van der Waals surface area contributed by atoms with Crippen molar-refractivity contribution in [3.63, 3.8) is 0 Å². The van der Waals surface area contributed by atoms with Crippen LogP contribution in [0.15, 0.2) is 18.2 Å². The second-order valence-electron chi connectivity index (χ2n) is 6.41. The molecule has 3 rings (SSSR count). The Morgan fingerprint density at radius 3 is 2.90 bits per heavy atom. The third kappa shape index (κ3) is 2.81. The van der Waals surface area contributed by atoms with Gasteiger partial charge in [-0.15, -0.1) is 0 Å². The standard InChI is InChI=1S/C16H23FN2O/c1-16(2)11-20-9-8-19(16)15-5-3-4-14(17)13(15)10-18-12-6-7-12/h3-5,12,18H,6-11H2,1-2H3. The van der Waals surface area contributed by atoms with Gasteiger partial charge in [0, 0.05) is 30.4 Å². The molecule has 1 heterocycles. The van der Waals surface area contributed by atoms with Crippen molar-refractivity contribution >= 4 is 5.69 Å². The molecule has 0 amide bonds. The second-order valence-corrected chi connectivity index (χ2v) is 6.41. The topological polar surface area (TPSA) is 24.5 Å². The highest BCUT2D eigenvalue weighted by atomic mass is 19.1. The normalized spacial score (nSPS) is 22.1. The van der Waals surface area contributed by atoms with Crippen LogP contribution in [0.4, 0.5) is 10.1 Å². The van der Waals surface area contributed by atoms with Gasteiger partial charge in [-0.05, 0) is 38.8 Å². The molecule has 1 aromatic carbocycles. The van der Waals surface area contributed by atoms with E-state index in [2.05, 4.69) is 24.1 Å². The Balaban J connectivity index is 1.88. The number of hydrogen-bond acceptors (Lipinski definition) is 3. The van der Waals surface area contributed by atoms with E-state index in [-0.39, 0.29) is 11.4 Å². The number of halogens is 1. The van der Waals surface area contributed by atoms with Crippen LogP contribution in [0.5, 0.6) is 0 Å². The fourth-order valence-electron chi connectivity index (χ4n) is 2.81. The molecule has 0 spiro atoms. The Hall–Kier alpha value is -1.13. The summed E-state index contributed by atoms with van der Waals surface area (Å²) in [6.07, 6.45) is 2.43. The lowest BCUT2D eigenvalue weighted by atomic mass is 9.99. The highest BCUT2D eigenvalue weighted by Gasteiger charge is 2.32. The smallest absolute Gasteiger partial charge is 0.129 e. The lowest BCUT2D eigenvalue weighted by Gasteiger charge is -2.44. The maximum absolute atomic E-state index is 14.2. The number of anilines is 1. The molecule has 2 fully saturated rings. The van der Waals surface area contributed by atoms with Crippen LogP contribution < -0.4 is 10.2 Å². The van der Waals surface area contributed by atoms with E-state index in [9.17, 15) is 4.39 Å². The number of rotatable bonds is 4. The molecule has 0 bridgehead atoms. The first-order valence-electron chi connectivity index (χ1n) is 7.44. The average Bonchev–Trinajstić information content (AvgIpc) is 3.21. The monoisotopic (exact) mass is 278 g/mol. The van der Waals surface area contributed by atoms with E-state index >= 15 is 0 Å². The highest BCUT2D eigenvalue weighted by molar-refractivity contribution is 5.56. The zero-order chi connectivity index (χ0) is 14.2. The van der Waals surface area contributed by atoms with Crippen molar-refractivity contribution in [1.82, 2.24) is 5.32 Å². The van der Waals surface area contributed by atoms with Crippen molar-refractivity contribution in [2.45, 2.75) is 44.8 Å². The third-order valence-corrected chi connectivity index (χ3v) is 4.18. The van der Waals surface area contributed by atoms with Crippen LogP contribution in [0.3, 0.4) is 0 Å². The average molecular weight is 278 g/mol. The van der Waals surface area contributed by atoms with Gasteiger partial charge in [0.1, 0.15) is 5.82 Å². The predicted molar refractivity (Wildman–Crippen MR) is 78.5 cm³/mol. The van der Waals surface area contributed by atoms with Crippen LogP contribution in [0.1, 0.15) is 32.3 Å². The van der Waals surface area contributed by atoms with E-state index < -0.39 is 0 Å². The van der Waals surface area contributed by atoms with Crippen molar-refractivity contribution in [2.24, 2.45) is 0 Å². The van der Waals surface area contributed by atoms with Crippen LogP contribution in [0.25, 0.3) is 0 Å². The molecular formula is C16H23FN2O. The maximum atomic E-state index is 14.2. The summed E-state index contributed by atoms with van der Waals surface area (Å²) in [7, 11) is 0. The number of nitrogens with one attached hydrogen (secondary N) is 1. The summed E-state index contributed by atoms with van der Waals surface area (Å²) in [6, 6.07) is 5.97. The van der Waals surface area contributed by atoms with E-state index in [1.165, 1.54) is 12.8 Å². The SMILES string of the molecule is CC1(C)COCCN1c1cccc(F)c1CNC1CC1. The van der Waals surface area contributed by atoms with Crippen molar-refractivity contribution in [3.8, 4) is 0 Å². The van der Waals surface area contributed by atoms with Gasteiger partial charge in [-0.3, -0.25) is 0 Å². The molecule has 0 unspecified atom stereocenters. The molecule has 1 aromatic rings. The number of benzene rings is 1. The van der Waals surface area contributed by atoms with Crippen LogP contribution in [0, 0.1) is 5.82 Å². The van der Waals surface area contributed by atoms with Crippen LogP contribution in [-0.2, 0) is 11.3 Å². The predicted octanol–water partition coefficient (Wildman–Crippen LogP) is 2.69. The first-order chi connectivity index (χ1) is 9.58. The van der Waals surface area contributed by atoms with E-state index in [1.807, 2.05) is 6.07 Å². The minimum atomic E-state index is -0.113. The van der Waals surface area contributed by atoms with E-state index in [0.717, 1.165) is 17.8 Å². The van der Waals surface area contributed by atoms with Crippen molar-refractivity contribution in [1.29, 1.82) is 0 Å². The number of hydrogen-bond donors (Lipinski definition) is 1. The molecule has 2 aliphatic rings. The fraction of sp³-hybridized carbons (Fsp3) is 0.625. The van der Waals surface area contributed by atoms with E-state index in [0.29, 0.717) is 25.8 Å². The maximum Gasteiger partial charge on any atom is 0.129 e. The molecule has 0 aromatic heterocycles. The van der Waals surface area contributed by atoms with Gasteiger partial charge < -0.3 is 15.0 Å². The molecule has 3 nitrogen and oxygen atoms in total. The minimum Gasteiger partial charge on any atom is -0.377 e. The first-order valence-corrected chi connectivity index (χ1v) is 7.44. The summed E-state index contributed by atoms with van der Waals surface area (Å²) >= 11 is 0. The Labute approximate surface area is 120 Å². The molecule has 0 radical (unpaired) electrons.